The van der Waals surface area contributed by atoms with E-state index in [1.807, 2.05) is 50.2 Å². The molecule has 2 aromatic rings. The molecule has 0 saturated heterocycles. The molecule has 2 aromatic carbocycles. The number of benzene rings is 2. The van der Waals surface area contributed by atoms with Crippen molar-refractivity contribution < 1.29 is 14.3 Å². The van der Waals surface area contributed by atoms with Gasteiger partial charge in [-0.05, 0) is 49.2 Å². The minimum atomic E-state index is -0.171. The zero-order chi connectivity index (χ0) is 21.8. The summed E-state index contributed by atoms with van der Waals surface area (Å²) in [5.41, 5.74) is 2.07. The van der Waals surface area contributed by atoms with E-state index in [0.29, 0.717) is 42.1 Å². The molecule has 0 heterocycles. The smallest absolute Gasteiger partial charge is 0.257 e. The van der Waals surface area contributed by atoms with Crippen molar-refractivity contribution in [2.45, 2.75) is 26.9 Å². The number of nitrogens with one attached hydrogen (secondary N) is 3. The van der Waals surface area contributed by atoms with Crippen molar-refractivity contribution in [2.24, 2.45) is 4.99 Å². The van der Waals surface area contributed by atoms with Crippen molar-refractivity contribution in [1.82, 2.24) is 16.0 Å². The van der Waals surface area contributed by atoms with Crippen LogP contribution in [0.1, 0.15) is 25.0 Å². The molecule has 0 bridgehead atoms. The highest BCUT2D eigenvalue weighted by molar-refractivity contribution is 14.0. The van der Waals surface area contributed by atoms with Crippen molar-refractivity contribution in [3.8, 4) is 11.5 Å². The number of rotatable bonds is 10. The molecule has 0 aliphatic carbocycles. The van der Waals surface area contributed by atoms with Crippen molar-refractivity contribution in [2.75, 3.05) is 26.8 Å². The number of halogens is 2. The van der Waals surface area contributed by atoms with Gasteiger partial charge >= 0.3 is 0 Å². The molecule has 2 rings (SSSR count). The van der Waals surface area contributed by atoms with Gasteiger partial charge in [0.15, 0.2) is 24.1 Å². The fraction of sp³-hybridized carbons (Fsp3) is 0.364. The van der Waals surface area contributed by atoms with Gasteiger partial charge in [-0.1, -0.05) is 29.8 Å². The first kappa shape index (κ1) is 26.8. The standard InChI is InChI=1S/C22H29ClN4O3.HI/c1-4-24-21(28)15-30-19-11-8-17(12-20(19)29-3)14-27-22(25-5-2)26-13-16-6-9-18(23)10-7-16;/h6-12H,4-5,13-15H2,1-3H3,(H,24,28)(H2,25,26,27);1H. The number of ether oxygens (including phenoxy) is 2. The molecule has 0 aliphatic heterocycles. The van der Waals surface area contributed by atoms with E-state index in [9.17, 15) is 4.79 Å². The second-order valence-electron chi connectivity index (χ2n) is 6.40. The third kappa shape index (κ3) is 9.65. The summed E-state index contributed by atoms with van der Waals surface area (Å²) in [7, 11) is 1.57. The number of carbonyl (C=O) groups excluding carboxylic acids is 1. The molecule has 0 aliphatic rings. The molecular weight excluding hydrogens is 531 g/mol. The van der Waals surface area contributed by atoms with Crippen LogP contribution in [0.2, 0.25) is 5.02 Å². The summed E-state index contributed by atoms with van der Waals surface area (Å²) in [5, 5.41) is 9.95. The Morgan fingerprint density at radius 1 is 0.968 bits per heavy atom. The zero-order valence-corrected chi connectivity index (χ0v) is 21.1. The molecule has 0 unspecified atom stereocenters. The summed E-state index contributed by atoms with van der Waals surface area (Å²) in [5.74, 6) is 1.62. The summed E-state index contributed by atoms with van der Waals surface area (Å²) in [6.45, 7) is 6.24. The molecule has 0 aromatic heterocycles. The van der Waals surface area contributed by atoms with E-state index < -0.39 is 0 Å². The number of nitrogens with zero attached hydrogens (tertiary/aromatic N) is 1. The molecule has 0 radical (unpaired) electrons. The van der Waals surface area contributed by atoms with Crippen LogP contribution in [-0.4, -0.2) is 38.7 Å². The average Bonchev–Trinajstić information content (AvgIpc) is 2.75. The molecule has 7 nitrogen and oxygen atoms in total. The van der Waals surface area contributed by atoms with E-state index in [0.717, 1.165) is 17.7 Å². The fourth-order valence-electron chi connectivity index (χ4n) is 2.62. The predicted molar refractivity (Wildman–Crippen MR) is 136 cm³/mol. The minimum Gasteiger partial charge on any atom is -0.493 e. The fourth-order valence-corrected chi connectivity index (χ4v) is 2.75. The number of amides is 1. The third-order valence-electron chi connectivity index (χ3n) is 4.10. The summed E-state index contributed by atoms with van der Waals surface area (Å²) < 4.78 is 11.0. The van der Waals surface area contributed by atoms with Gasteiger partial charge in [0.2, 0.25) is 0 Å². The van der Waals surface area contributed by atoms with E-state index >= 15 is 0 Å². The molecule has 170 valence electrons. The number of methoxy groups -OCH3 is 1. The summed E-state index contributed by atoms with van der Waals surface area (Å²) in [4.78, 5) is 16.2. The Morgan fingerprint density at radius 2 is 1.65 bits per heavy atom. The maximum atomic E-state index is 11.6. The van der Waals surface area contributed by atoms with E-state index in [4.69, 9.17) is 21.1 Å². The first-order valence-electron chi connectivity index (χ1n) is 9.88. The van der Waals surface area contributed by atoms with Gasteiger partial charge in [0.25, 0.3) is 5.91 Å². The van der Waals surface area contributed by atoms with Crippen molar-refractivity contribution in [3.63, 3.8) is 0 Å². The Balaban J connectivity index is 0.00000480. The Morgan fingerprint density at radius 3 is 2.29 bits per heavy atom. The van der Waals surface area contributed by atoms with Crippen LogP contribution in [0.5, 0.6) is 11.5 Å². The molecule has 0 saturated carbocycles. The lowest BCUT2D eigenvalue weighted by atomic mass is 10.2. The van der Waals surface area contributed by atoms with Crippen LogP contribution < -0.4 is 25.4 Å². The number of hydrogen-bond donors (Lipinski definition) is 3. The maximum absolute atomic E-state index is 11.6. The lowest BCUT2D eigenvalue weighted by Crippen LogP contribution is -2.36. The molecule has 0 fully saturated rings. The van der Waals surface area contributed by atoms with Crippen molar-refractivity contribution in [3.05, 3.63) is 58.6 Å². The van der Waals surface area contributed by atoms with Crippen molar-refractivity contribution in [1.29, 1.82) is 0 Å². The Bertz CT molecular complexity index is 847. The second kappa shape index (κ2) is 14.7. The number of aliphatic imine (C=N–C) groups is 1. The van der Waals surface area contributed by atoms with Crippen LogP contribution >= 0.6 is 35.6 Å². The van der Waals surface area contributed by atoms with Gasteiger partial charge in [0, 0.05) is 24.7 Å². The topological polar surface area (TPSA) is 84.0 Å². The van der Waals surface area contributed by atoms with E-state index in [1.165, 1.54) is 0 Å². The average molecular weight is 561 g/mol. The third-order valence-corrected chi connectivity index (χ3v) is 4.35. The normalized spacial score (nSPS) is 10.6. The highest BCUT2D eigenvalue weighted by atomic mass is 127. The van der Waals surface area contributed by atoms with Crippen LogP contribution in [0.15, 0.2) is 47.5 Å². The van der Waals surface area contributed by atoms with Crippen molar-refractivity contribution >= 4 is 47.4 Å². The predicted octanol–water partition coefficient (Wildman–Crippen LogP) is 3.74. The largest absolute Gasteiger partial charge is 0.493 e. The summed E-state index contributed by atoms with van der Waals surface area (Å²) in [6.07, 6.45) is 0. The number of hydrogen-bond acceptors (Lipinski definition) is 4. The van der Waals surface area contributed by atoms with Crippen LogP contribution in [0, 0.1) is 0 Å². The van der Waals surface area contributed by atoms with Crippen LogP contribution in [0.25, 0.3) is 0 Å². The minimum absolute atomic E-state index is 0. The van der Waals surface area contributed by atoms with Crippen LogP contribution in [0.4, 0.5) is 0 Å². The number of likely N-dealkylation sites (N-methyl/N-ethyl adjacent to an activating group) is 1. The molecule has 9 heteroatoms. The van der Waals surface area contributed by atoms with Gasteiger partial charge in [0.05, 0.1) is 13.7 Å². The highest BCUT2D eigenvalue weighted by Crippen LogP contribution is 2.28. The van der Waals surface area contributed by atoms with Crippen LogP contribution in [-0.2, 0) is 17.9 Å². The molecule has 1 amide bonds. The molecular formula is C22H30ClIN4O3. The Hall–Kier alpha value is -2.20. The number of guanidine groups is 1. The van der Waals surface area contributed by atoms with Gasteiger partial charge in [-0.15, -0.1) is 24.0 Å². The quantitative estimate of drug-likeness (QED) is 0.234. The molecule has 0 spiro atoms. The summed E-state index contributed by atoms with van der Waals surface area (Å²) >= 11 is 5.93. The van der Waals surface area contributed by atoms with Gasteiger partial charge in [0.1, 0.15) is 0 Å². The van der Waals surface area contributed by atoms with Gasteiger partial charge in [-0.3, -0.25) is 4.79 Å². The molecule has 31 heavy (non-hydrogen) atoms. The molecule has 0 atom stereocenters. The maximum Gasteiger partial charge on any atom is 0.257 e. The Labute approximate surface area is 206 Å². The zero-order valence-electron chi connectivity index (χ0n) is 18.0. The highest BCUT2D eigenvalue weighted by Gasteiger charge is 2.08. The van der Waals surface area contributed by atoms with E-state index in [1.54, 1.807) is 13.2 Å². The van der Waals surface area contributed by atoms with Crippen LogP contribution in [0.3, 0.4) is 0 Å². The van der Waals surface area contributed by atoms with E-state index in [-0.39, 0.29) is 36.5 Å². The van der Waals surface area contributed by atoms with Gasteiger partial charge in [-0.2, -0.15) is 0 Å². The molecule has 3 N–H and O–H groups in total. The van der Waals surface area contributed by atoms with E-state index in [2.05, 4.69) is 20.9 Å². The Kier molecular flexibility index (Phi) is 12.8. The van der Waals surface area contributed by atoms with Gasteiger partial charge < -0.3 is 25.4 Å². The monoisotopic (exact) mass is 560 g/mol. The van der Waals surface area contributed by atoms with Gasteiger partial charge in [-0.25, -0.2) is 4.99 Å². The summed E-state index contributed by atoms with van der Waals surface area (Å²) in [6, 6.07) is 13.2. The first-order chi connectivity index (χ1) is 14.5. The lowest BCUT2D eigenvalue weighted by Gasteiger charge is -2.13. The number of carbonyl (C=O) groups is 1. The SMILES string of the molecule is CCNC(=O)COc1ccc(CN=C(NCC)NCc2ccc(Cl)cc2)cc1OC.I. The second-order valence-corrected chi connectivity index (χ2v) is 6.84. The lowest BCUT2D eigenvalue weighted by molar-refractivity contribution is -0.123. The first-order valence-corrected chi connectivity index (χ1v) is 10.3.